The quantitative estimate of drug-likeness (QED) is 0.337. The summed E-state index contributed by atoms with van der Waals surface area (Å²) in [7, 11) is 0. The highest BCUT2D eigenvalue weighted by Gasteiger charge is 2.27. The van der Waals surface area contributed by atoms with Crippen LogP contribution in [-0.4, -0.2) is 73.7 Å². The van der Waals surface area contributed by atoms with Gasteiger partial charge in [0.1, 0.15) is 5.60 Å². The molecule has 0 aromatic heterocycles. The summed E-state index contributed by atoms with van der Waals surface area (Å²) in [5, 5.41) is 10.1. The van der Waals surface area contributed by atoms with Crippen LogP contribution in [0, 0.1) is 5.92 Å². The standard InChI is InChI=1S/C19H33N5O5/c1-5-8-21-17(27)23-15(25)13-24-11-6-7-14(12-24)16(26)20-9-10-22-18(28)29-19(2,3)4/h5,14H,1,6-13H2,2-4H3,(H,20,26)(H,22,28)(H2,21,23,25,27). The lowest BCUT2D eigenvalue weighted by molar-refractivity contribution is -0.128. The summed E-state index contributed by atoms with van der Waals surface area (Å²) in [5.41, 5.74) is -0.572. The Balaban J connectivity index is 2.29. The van der Waals surface area contributed by atoms with Crippen molar-refractivity contribution >= 4 is 23.9 Å². The fraction of sp³-hybridized carbons (Fsp3) is 0.684. The molecule has 0 aromatic carbocycles. The molecule has 0 bridgehead atoms. The van der Waals surface area contributed by atoms with Gasteiger partial charge in [-0.25, -0.2) is 9.59 Å². The zero-order valence-electron chi connectivity index (χ0n) is 17.5. The molecule has 1 saturated heterocycles. The highest BCUT2D eigenvalue weighted by Crippen LogP contribution is 2.16. The van der Waals surface area contributed by atoms with Crippen molar-refractivity contribution in [1.29, 1.82) is 0 Å². The van der Waals surface area contributed by atoms with Crippen molar-refractivity contribution in [2.24, 2.45) is 5.92 Å². The van der Waals surface area contributed by atoms with Crippen LogP contribution in [0.5, 0.6) is 0 Å². The number of piperidine rings is 1. The van der Waals surface area contributed by atoms with Crippen molar-refractivity contribution in [2.75, 3.05) is 39.3 Å². The minimum atomic E-state index is -0.572. The van der Waals surface area contributed by atoms with E-state index < -0.39 is 23.6 Å². The van der Waals surface area contributed by atoms with Gasteiger partial charge in [-0.15, -0.1) is 6.58 Å². The maximum atomic E-state index is 12.3. The molecule has 1 aliphatic heterocycles. The molecule has 0 aromatic rings. The van der Waals surface area contributed by atoms with Crippen LogP contribution in [-0.2, 0) is 14.3 Å². The monoisotopic (exact) mass is 411 g/mol. The molecule has 29 heavy (non-hydrogen) atoms. The van der Waals surface area contributed by atoms with Gasteiger partial charge < -0.3 is 20.7 Å². The van der Waals surface area contributed by atoms with Gasteiger partial charge in [-0.3, -0.25) is 19.8 Å². The molecule has 0 aliphatic carbocycles. The predicted octanol–water partition coefficient (Wildman–Crippen LogP) is 0.351. The van der Waals surface area contributed by atoms with Crippen LogP contribution in [0.1, 0.15) is 33.6 Å². The van der Waals surface area contributed by atoms with E-state index in [4.69, 9.17) is 4.74 Å². The molecule has 164 valence electrons. The number of hydrogen-bond donors (Lipinski definition) is 4. The molecule has 4 N–H and O–H groups in total. The van der Waals surface area contributed by atoms with Gasteiger partial charge in [0.15, 0.2) is 0 Å². The highest BCUT2D eigenvalue weighted by molar-refractivity contribution is 5.95. The lowest BCUT2D eigenvalue weighted by atomic mass is 9.97. The maximum Gasteiger partial charge on any atom is 0.407 e. The number of carbonyl (C=O) groups is 4. The van der Waals surface area contributed by atoms with E-state index in [0.717, 1.165) is 12.8 Å². The third-order valence-corrected chi connectivity index (χ3v) is 4.00. The second-order valence-electron chi connectivity index (χ2n) is 7.84. The number of nitrogens with one attached hydrogen (secondary N) is 4. The molecule has 0 saturated carbocycles. The zero-order valence-corrected chi connectivity index (χ0v) is 17.5. The molecule has 10 heteroatoms. The second kappa shape index (κ2) is 12.1. The Morgan fingerprint density at radius 1 is 1.14 bits per heavy atom. The van der Waals surface area contributed by atoms with E-state index in [1.54, 1.807) is 20.8 Å². The third-order valence-electron chi connectivity index (χ3n) is 4.00. The Morgan fingerprint density at radius 2 is 1.83 bits per heavy atom. The molecule has 0 spiro atoms. The van der Waals surface area contributed by atoms with Gasteiger partial charge in [0, 0.05) is 26.2 Å². The minimum Gasteiger partial charge on any atom is -0.444 e. The van der Waals surface area contributed by atoms with E-state index in [9.17, 15) is 19.2 Å². The molecule has 1 unspecified atom stereocenters. The van der Waals surface area contributed by atoms with Crippen molar-refractivity contribution in [2.45, 2.75) is 39.2 Å². The topological polar surface area (TPSA) is 129 Å². The van der Waals surface area contributed by atoms with Crippen LogP contribution in [0.2, 0.25) is 0 Å². The van der Waals surface area contributed by atoms with Crippen molar-refractivity contribution in [3.8, 4) is 0 Å². The summed E-state index contributed by atoms with van der Waals surface area (Å²) >= 11 is 0. The molecule has 0 radical (unpaired) electrons. The molecule has 1 fully saturated rings. The normalized spacial score (nSPS) is 17.0. The fourth-order valence-corrected chi connectivity index (χ4v) is 2.80. The average molecular weight is 412 g/mol. The van der Waals surface area contributed by atoms with Gasteiger partial charge in [0.05, 0.1) is 12.5 Å². The van der Waals surface area contributed by atoms with Gasteiger partial charge in [-0.2, -0.15) is 0 Å². The number of carbonyl (C=O) groups excluding carboxylic acids is 4. The Kier molecular flexibility index (Phi) is 10.1. The number of likely N-dealkylation sites (tertiary alicyclic amines) is 1. The van der Waals surface area contributed by atoms with Crippen molar-refractivity contribution < 1.29 is 23.9 Å². The van der Waals surface area contributed by atoms with E-state index >= 15 is 0 Å². The first-order valence-corrected chi connectivity index (χ1v) is 9.76. The van der Waals surface area contributed by atoms with Crippen LogP contribution in [0.3, 0.4) is 0 Å². The number of imide groups is 1. The predicted molar refractivity (Wildman–Crippen MR) is 108 cm³/mol. The third kappa shape index (κ3) is 11.1. The number of hydrogen-bond acceptors (Lipinski definition) is 6. The Bertz CT molecular complexity index is 602. The number of nitrogens with zero attached hydrogens (tertiary/aromatic N) is 1. The summed E-state index contributed by atoms with van der Waals surface area (Å²) in [6.07, 6.45) is 2.49. The van der Waals surface area contributed by atoms with Gasteiger partial charge in [-0.05, 0) is 40.2 Å². The lowest BCUT2D eigenvalue weighted by Gasteiger charge is -2.31. The number of ether oxygens (including phenoxy) is 1. The summed E-state index contributed by atoms with van der Waals surface area (Å²) in [5.74, 6) is -0.785. The minimum absolute atomic E-state index is 0.0471. The molecule has 1 atom stereocenters. The van der Waals surface area contributed by atoms with E-state index in [1.807, 2.05) is 4.90 Å². The Hall–Kier alpha value is -2.62. The van der Waals surface area contributed by atoms with Crippen molar-refractivity contribution in [1.82, 2.24) is 26.2 Å². The number of rotatable bonds is 8. The summed E-state index contributed by atoms with van der Waals surface area (Å²) in [4.78, 5) is 49.2. The largest absolute Gasteiger partial charge is 0.444 e. The smallest absolute Gasteiger partial charge is 0.407 e. The van der Waals surface area contributed by atoms with Gasteiger partial charge in [-0.1, -0.05) is 6.08 Å². The average Bonchev–Trinajstić information content (AvgIpc) is 2.62. The summed E-state index contributed by atoms with van der Waals surface area (Å²) in [6, 6.07) is -0.571. The molecule has 1 aliphatic rings. The molecular weight excluding hydrogens is 378 g/mol. The van der Waals surface area contributed by atoms with Crippen LogP contribution in [0.15, 0.2) is 12.7 Å². The van der Waals surface area contributed by atoms with Gasteiger partial charge in [0.25, 0.3) is 0 Å². The number of amides is 5. The van der Waals surface area contributed by atoms with Crippen LogP contribution >= 0.6 is 0 Å². The number of urea groups is 1. The van der Waals surface area contributed by atoms with E-state index in [1.165, 1.54) is 6.08 Å². The van der Waals surface area contributed by atoms with Crippen LogP contribution in [0.25, 0.3) is 0 Å². The van der Waals surface area contributed by atoms with Crippen LogP contribution < -0.4 is 21.3 Å². The van der Waals surface area contributed by atoms with Gasteiger partial charge in [0.2, 0.25) is 11.8 Å². The first-order chi connectivity index (χ1) is 13.6. The maximum absolute atomic E-state index is 12.3. The first-order valence-electron chi connectivity index (χ1n) is 9.76. The summed E-state index contributed by atoms with van der Waals surface area (Å²) in [6.45, 7) is 10.8. The zero-order chi connectivity index (χ0) is 21.9. The Morgan fingerprint density at radius 3 is 2.48 bits per heavy atom. The van der Waals surface area contributed by atoms with E-state index in [2.05, 4.69) is 27.8 Å². The van der Waals surface area contributed by atoms with Crippen molar-refractivity contribution in [3.63, 3.8) is 0 Å². The first kappa shape index (κ1) is 24.4. The van der Waals surface area contributed by atoms with Crippen LogP contribution in [0.4, 0.5) is 9.59 Å². The highest BCUT2D eigenvalue weighted by atomic mass is 16.6. The molecular formula is C19H33N5O5. The Labute approximate surface area is 171 Å². The second-order valence-corrected chi connectivity index (χ2v) is 7.84. The fourth-order valence-electron chi connectivity index (χ4n) is 2.80. The number of alkyl carbamates (subject to hydrolysis) is 1. The molecule has 5 amide bonds. The molecule has 1 heterocycles. The molecule has 10 nitrogen and oxygen atoms in total. The van der Waals surface area contributed by atoms with E-state index in [0.29, 0.717) is 19.6 Å². The van der Waals surface area contributed by atoms with Gasteiger partial charge >= 0.3 is 12.1 Å². The molecule has 1 rings (SSSR count). The van der Waals surface area contributed by atoms with Crippen molar-refractivity contribution in [3.05, 3.63) is 12.7 Å². The SMILES string of the molecule is C=CCNC(=O)NC(=O)CN1CCCC(C(=O)NCCNC(=O)OC(C)(C)C)C1. The summed E-state index contributed by atoms with van der Waals surface area (Å²) < 4.78 is 5.12. The lowest BCUT2D eigenvalue weighted by Crippen LogP contribution is -2.49. The van der Waals surface area contributed by atoms with E-state index in [-0.39, 0.29) is 31.5 Å².